The van der Waals surface area contributed by atoms with Crippen LogP contribution in [0.3, 0.4) is 0 Å². The van der Waals surface area contributed by atoms with Crippen molar-refractivity contribution in [2.75, 3.05) is 11.5 Å². The third kappa shape index (κ3) is 2.71. The number of hydrogen-bond acceptors (Lipinski definition) is 4. The zero-order chi connectivity index (χ0) is 14.2. The average molecular weight is 293 g/mol. The third-order valence-electron chi connectivity index (χ3n) is 3.95. The zero-order valence-corrected chi connectivity index (χ0v) is 12.4. The topological polar surface area (TPSA) is 64.0 Å². The number of aryl methyl sites for hydroxylation is 1. The molecule has 0 unspecified atom stereocenters. The number of aromatic nitrogens is 2. The molecular weight excluding hydrogens is 274 g/mol. The summed E-state index contributed by atoms with van der Waals surface area (Å²) in [5, 5.41) is 9.14. The predicted octanol–water partition coefficient (Wildman–Crippen LogP) is 1.24. The van der Waals surface area contributed by atoms with Crippen molar-refractivity contribution in [3.63, 3.8) is 0 Å². The van der Waals surface area contributed by atoms with E-state index >= 15 is 0 Å². The predicted molar refractivity (Wildman–Crippen MR) is 79.2 cm³/mol. The lowest BCUT2D eigenvalue weighted by molar-refractivity contribution is 0.459. The van der Waals surface area contributed by atoms with Crippen molar-refractivity contribution in [1.29, 1.82) is 0 Å². The quantitative estimate of drug-likeness (QED) is 0.925. The van der Waals surface area contributed by atoms with Gasteiger partial charge in [-0.1, -0.05) is 18.2 Å². The van der Waals surface area contributed by atoms with Crippen LogP contribution in [-0.2, 0) is 23.4 Å². The molecule has 0 saturated carbocycles. The second kappa shape index (κ2) is 5.18. The minimum atomic E-state index is -2.79. The Morgan fingerprint density at radius 2 is 2.00 bits per heavy atom. The summed E-state index contributed by atoms with van der Waals surface area (Å²) in [7, 11) is -0.845. The van der Waals surface area contributed by atoms with Crippen molar-refractivity contribution >= 4 is 20.7 Å². The number of sulfone groups is 1. The molecule has 1 aliphatic heterocycles. The van der Waals surface area contributed by atoms with Crippen LogP contribution in [0.4, 0.5) is 0 Å². The second-order valence-electron chi connectivity index (χ2n) is 5.39. The molecule has 0 atom stereocenters. The molecule has 2 aromatic rings. The third-order valence-corrected chi connectivity index (χ3v) is 5.66. The molecule has 0 radical (unpaired) electrons. The van der Waals surface area contributed by atoms with E-state index in [-0.39, 0.29) is 6.04 Å². The molecule has 1 aliphatic rings. The molecule has 108 valence electrons. The minimum Gasteiger partial charge on any atom is -0.308 e. The number of nitrogens with zero attached hydrogens (tertiary/aromatic N) is 2. The lowest BCUT2D eigenvalue weighted by Crippen LogP contribution is -2.37. The Kier molecular flexibility index (Phi) is 3.52. The Morgan fingerprint density at radius 3 is 2.75 bits per heavy atom. The molecule has 1 aromatic carbocycles. The summed E-state index contributed by atoms with van der Waals surface area (Å²) in [4.78, 5) is 0. The Bertz CT molecular complexity index is 707. The summed E-state index contributed by atoms with van der Waals surface area (Å²) in [5.74, 6) is 0.598. The van der Waals surface area contributed by atoms with Gasteiger partial charge in [0.25, 0.3) is 0 Å². The van der Waals surface area contributed by atoms with Crippen LogP contribution in [0.5, 0.6) is 0 Å². The van der Waals surface area contributed by atoms with Crippen LogP contribution in [0.2, 0.25) is 0 Å². The van der Waals surface area contributed by atoms with E-state index in [0.717, 1.165) is 16.6 Å². The van der Waals surface area contributed by atoms with E-state index in [1.165, 1.54) is 0 Å². The van der Waals surface area contributed by atoms with E-state index in [2.05, 4.69) is 22.5 Å². The molecule has 6 heteroatoms. The van der Waals surface area contributed by atoms with Gasteiger partial charge in [0.2, 0.25) is 0 Å². The maximum Gasteiger partial charge on any atom is 0.150 e. The van der Waals surface area contributed by atoms with Gasteiger partial charge in [0.1, 0.15) is 9.84 Å². The number of fused-ring (bicyclic) bond motifs is 1. The van der Waals surface area contributed by atoms with E-state index in [4.69, 9.17) is 0 Å². The molecule has 2 heterocycles. The van der Waals surface area contributed by atoms with E-state index in [1.807, 2.05) is 23.9 Å². The SMILES string of the molecule is Cn1nc(CNC2CCS(=O)(=O)CC2)c2ccccc21. The molecule has 3 rings (SSSR count). The van der Waals surface area contributed by atoms with Gasteiger partial charge in [-0.25, -0.2) is 8.42 Å². The molecule has 0 aliphatic carbocycles. The van der Waals surface area contributed by atoms with Crippen molar-refractivity contribution in [1.82, 2.24) is 15.1 Å². The van der Waals surface area contributed by atoms with E-state index in [9.17, 15) is 8.42 Å². The highest BCUT2D eigenvalue weighted by Crippen LogP contribution is 2.18. The van der Waals surface area contributed by atoms with Crippen LogP contribution in [0.25, 0.3) is 10.9 Å². The highest BCUT2D eigenvalue weighted by Gasteiger charge is 2.23. The maximum absolute atomic E-state index is 11.4. The Morgan fingerprint density at radius 1 is 1.30 bits per heavy atom. The van der Waals surface area contributed by atoms with Crippen LogP contribution >= 0.6 is 0 Å². The van der Waals surface area contributed by atoms with Crippen molar-refractivity contribution in [2.24, 2.45) is 7.05 Å². The first kappa shape index (κ1) is 13.6. The number of benzene rings is 1. The Balaban J connectivity index is 1.69. The normalized spacial score (nSPS) is 19.4. The van der Waals surface area contributed by atoms with Gasteiger partial charge in [0.15, 0.2) is 0 Å². The number of hydrogen-bond donors (Lipinski definition) is 1. The van der Waals surface area contributed by atoms with Gasteiger partial charge < -0.3 is 5.32 Å². The molecule has 1 saturated heterocycles. The van der Waals surface area contributed by atoms with Gasteiger partial charge in [-0.05, 0) is 18.9 Å². The molecule has 1 N–H and O–H groups in total. The number of para-hydroxylation sites is 1. The molecule has 1 aromatic heterocycles. The average Bonchev–Trinajstić information content (AvgIpc) is 2.75. The monoisotopic (exact) mass is 293 g/mol. The summed E-state index contributed by atoms with van der Waals surface area (Å²) in [6.07, 6.45) is 1.40. The lowest BCUT2D eigenvalue weighted by Gasteiger charge is -2.22. The molecule has 0 spiro atoms. The van der Waals surface area contributed by atoms with Crippen molar-refractivity contribution < 1.29 is 8.42 Å². The highest BCUT2D eigenvalue weighted by atomic mass is 32.2. The van der Waals surface area contributed by atoms with Crippen LogP contribution in [0, 0.1) is 0 Å². The van der Waals surface area contributed by atoms with E-state index in [1.54, 1.807) is 0 Å². The minimum absolute atomic E-state index is 0.277. The molecule has 5 nitrogen and oxygen atoms in total. The van der Waals surface area contributed by atoms with Crippen LogP contribution in [-0.4, -0.2) is 35.7 Å². The van der Waals surface area contributed by atoms with Crippen molar-refractivity contribution in [2.45, 2.75) is 25.4 Å². The zero-order valence-electron chi connectivity index (χ0n) is 11.5. The summed E-state index contributed by atoms with van der Waals surface area (Å²) in [6.45, 7) is 0.687. The molecule has 1 fully saturated rings. The van der Waals surface area contributed by atoms with Crippen molar-refractivity contribution in [3.05, 3.63) is 30.0 Å². The maximum atomic E-state index is 11.4. The fourth-order valence-corrected chi connectivity index (χ4v) is 4.25. The van der Waals surface area contributed by atoms with Gasteiger partial charge in [0.05, 0.1) is 22.7 Å². The standard InChI is InChI=1S/C14H19N3O2S/c1-17-14-5-3-2-4-12(14)13(16-17)10-15-11-6-8-20(18,19)9-7-11/h2-5,11,15H,6-10H2,1H3. The van der Waals surface area contributed by atoms with E-state index < -0.39 is 9.84 Å². The van der Waals surface area contributed by atoms with Gasteiger partial charge >= 0.3 is 0 Å². The summed E-state index contributed by atoms with van der Waals surface area (Å²) < 4.78 is 24.7. The first-order valence-electron chi connectivity index (χ1n) is 6.89. The van der Waals surface area contributed by atoms with Crippen LogP contribution in [0.1, 0.15) is 18.5 Å². The van der Waals surface area contributed by atoms with Gasteiger partial charge in [-0.3, -0.25) is 4.68 Å². The summed E-state index contributed by atoms with van der Waals surface area (Å²) >= 11 is 0. The number of nitrogens with one attached hydrogen (secondary N) is 1. The summed E-state index contributed by atoms with van der Waals surface area (Å²) in [5.41, 5.74) is 2.15. The smallest absolute Gasteiger partial charge is 0.150 e. The molecule has 0 amide bonds. The fraction of sp³-hybridized carbons (Fsp3) is 0.500. The fourth-order valence-electron chi connectivity index (χ4n) is 2.75. The van der Waals surface area contributed by atoms with Gasteiger partial charge in [0, 0.05) is 25.0 Å². The van der Waals surface area contributed by atoms with Crippen molar-refractivity contribution in [3.8, 4) is 0 Å². The number of rotatable bonds is 3. The first-order valence-corrected chi connectivity index (χ1v) is 8.72. The van der Waals surface area contributed by atoms with Crippen LogP contribution in [0.15, 0.2) is 24.3 Å². The molecular formula is C14H19N3O2S. The molecule has 20 heavy (non-hydrogen) atoms. The summed E-state index contributed by atoms with van der Waals surface area (Å²) in [6, 6.07) is 8.43. The Hall–Kier alpha value is -1.40. The molecule has 0 bridgehead atoms. The largest absolute Gasteiger partial charge is 0.308 e. The second-order valence-corrected chi connectivity index (χ2v) is 7.70. The first-order chi connectivity index (χ1) is 9.55. The van der Waals surface area contributed by atoms with Crippen LogP contribution < -0.4 is 5.32 Å². The lowest BCUT2D eigenvalue weighted by atomic mass is 10.1. The van der Waals surface area contributed by atoms with Gasteiger partial charge in [-0.15, -0.1) is 0 Å². The Labute approximate surface area is 118 Å². The van der Waals surface area contributed by atoms with Gasteiger partial charge in [-0.2, -0.15) is 5.10 Å². The van der Waals surface area contributed by atoms with E-state index in [0.29, 0.717) is 30.9 Å². The highest BCUT2D eigenvalue weighted by molar-refractivity contribution is 7.91.